The summed E-state index contributed by atoms with van der Waals surface area (Å²) < 4.78 is 0. The van der Waals surface area contributed by atoms with Crippen LogP contribution in [0.2, 0.25) is 5.02 Å². The van der Waals surface area contributed by atoms with Crippen LogP contribution < -0.4 is 0 Å². The maximum absolute atomic E-state index is 10.8. The van der Waals surface area contributed by atoms with Crippen molar-refractivity contribution in [3.8, 4) is 0 Å². The van der Waals surface area contributed by atoms with Gasteiger partial charge in [-0.25, -0.2) is 4.98 Å². The summed E-state index contributed by atoms with van der Waals surface area (Å²) in [6.07, 6.45) is 2.36. The van der Waals surface area contributed by atoms with Crippen molar-refractivity contribution in [2.75, 3.05) is 0 Å². The number of aldehydes is 1. The van der Waals surface area contributed by atoms with Gasteiger partial charge in [0.15, 0.2) is 6.29 Å². The summed E-state index contributed by atoms with van der Waals surface area (Å²) in [6, 6.07) is 9.45. The second-order valence-electron chi connectivity index (χ2n) is 3.69. The third-order valence-electron chi connectivity index (χ3n) is 2.65. The van der Waals surface area contributed by atoms with Crippen LogP contribution in [0.25, 0.3) is 21.8 Å². The summed E-state index contributed by atoms with van der Waals surface area (Å²) in [6.45, 7) is 0. The number of halogens is 1. The van der Waals surface area contributed by atoms with Crippen LogP contribution in [0.3, 0.4) is 0 Å². The summed E-state index contributed by atoms with van der Waals surface area (Å²) in [5.74, 6) is 0. The highest BCUT2D eigenvalue weighted by atomic mass is 35.5. The first-order chi connectivity index (χ1) is 8.29. The van der Waals surface area contributed by atoms with Crippen LogP contribution in [0.4, 0.5) is 0 Å². The molecule has 0 unspecified atom stereocenters. The van der Waals surface area contributed by atoms with Crippen molar-refractivity contribution < 1.29 is 4.79 Å². The highest BCUT2D eigenvalue weighted by molar-refractivity contribution is 6.33. The molecule has 2 aromatic heterocycles. The Bertz CT molecular complexity index is 740. The van der Waals surface area contributed by atoms with Gasteiger partial charge in [0.2, 0.25) is 0 Å². The number of fused-ring (bicyclic) bond motifs is 3. The first kappa shape index (κ1) is 10.2. The minimum atomic E-state index is 0.248. The number of carbonyl (C=O) groups excluding carboxylic acids is 1. The minimum absolute atomic E-state index is 0.248. The molecule has 0 fully saturated rings. The average Bonchev–Trinajstić information content (AvgIpc) is 2.37. The van der Waals surface area contributed by atoms with E-state index in [2.05, 4.69) is 9.97 Å². The molecule has 0 radical (unpaired) electrons. The normalized spacial score (nSPS) is 10.9. The molecule has 0 aliphatic heterocycles. The van der Waals surface area contributed by atoms with Gasteiger partial charge in [-0.2, -0.15) is 0 Å². The van der Waals surface area contributed by atoms with E-state index in [1.54, 1.807) is 12.3 Å². The van der Waals surface area contributed by atoms with Crippen LogP contribution in [-0.2, 0) is 0 Å². The maximum atomic E-state index is 10.8. The topological polar surface area (TPSA) is 42.9 Å². The summed E-state index contributed by atoms with van der Waals surface area (Å²) in [7, 11) is 0. The summed E-state index contributed by atoms with van der Waals surface area (Å²) in [5, 5.41) is 2.24. The van der Waals surface area contributed by atoms with E-state index >= 15 is 0 Å². The predicted molar refractivity (Wildman–Crippen MR) is 67.4 cm³/mol. The summed E-state index contributed by atoms with van der Waals surface area (Å²) in [5.41, 5.74) is 1.73. The molecule has 2 heterocycles. The van der Waals surface area contributed by atoms with E-state index in [1.807, 2.05) is 24.3 Å². The van der Waals surface area contributed by atoms with Gasteiger partial charge in [-0.3, -0.25) is 9.78 Å². The molecule has 0 aliphatic rings. The molecule has 0 aliphatic carbocycles. The van der Waals surface area contributed by atoms with E-state index in [-0.39, 0.29) is 5.69 Å². The molecule has 3 nitrogen and oxygen atoms in total. The van der Waals surface area contributed by atoms with E-state index in [0.29, 0.717) is 16.8 Å². The third-order valence-corrected chi connectivity index (χ3v) is 2.95. The molecule has 0 saturated heterocycles. The Kier molecular flexibility index (Phi) is 2.27. The number of hydrogen-bond acceptors (Lipinski definition) is 3. The molecule has 0 atom stereocenters. The minimum Gasteiger partial charge on any atom is -0.296 e. The van der Waals surface area contributed by atoms with Gasteiger partial charge in [0.05, 0.1) is 16.1 Å². The quantitative estimate of drug-likeness (QED) is 0.486. The number of benzene rings is 1. The molecule has 3 aromatic rings. The number of hydrogen-bond donors (Lipinski definition) is 0. The fourth-order valence-electron chi connectivity index (χ4n) is 1.85. The standard InChI is InChI=1S/C13H7ClN2O/c14-10-6-9-4-3-8-2-1-5-15-12(8)13(9)16-11(10)7-17/h1-7H. The van der Waals surface area contributed by atoms with Gasteiger partial charge >= 0.3 is 0 Å². The van der Waals surface area contributed by atoms with Gasteiger partial charge in [0, 0.05) is 17.0 Å². The van der Waals surface area contributed by atoms with Gasteiger partial charge in [0.25, 0.3) is 0 Å². The van der Waals surface area contributed by atoms with Gasteiger partial charge in [-0.05, 0) is 12.1 Å². The van der Waals surface area contributed by atoms with E-state index in [9.17, 15) is 4.79 Å². The molecule has 17 heavy (non-hydrogen) atoms. The second-order valence-corrected chi connectivity index (χ2v) is 4.09. The average molecular weight is 243 g/mol. The molecule has 0 N–H and O–H groups in total. The summed E-state index contributed by atoms with van der Waals surface area (Å²) in [4.78, 5) is 19.4. The molecule has 0 saturated carbocycles. The molecule has 0 spiro atoms. The highest BCUT2D eigenvalue weighted by Crippen LogP contribution is 2.25. The van der Waals surface area contributed by atoms with Gasteiger partial charge < -0.3 is 0 Å². The lowest BCUT2D eigenvalue weighted by Crippen LogP contribution is -1.91. The smallest absolute Gasteiger partial charge is 0.169 e. The van der Waals surface area contributed by atoms with Crippen molar-refractivity contribution in [1.82, 2.24) is 9.97 Å². The lowest BCUT2D eigenvalue weighted by molar-refractivity contribution is 0.111. The van der Waals surface area contributed by atoms with Crippen molar-refractivity contribution in [2.45, 2.75) is 0 Å². The van der Waals surface area contributed by atoms with E-state index in [0.717, 1.165) is 16.3 Å². The van der Waals surface area contributed by atoms with E-state index < -0.39 is 0 Å². The molecule has 1 aromatic carbocycles. The molecular formula is C13H7ClN2O. The van der Waals surface area contributed by atoms with E-state index in [1.165, 1.54) is 0 Å². The van der Waals surface area contributed by atoms with Crippen LogP contribution in [0.5, 0.6) is 0 Å². The molecule has 3 rings (SSSR count). The number of pyridine rings is 2. The fraction of sp³-hybridized carbons (Fsp3) is 0. The zero-order valence-electron chi connectivity index (χ0n) is 8.72. The molecule has 82 valence electrons. The van der Waals surface area contributed by atoms with Crippen molar-refractivity contribution in [2.24, 2.45) is 0 Å². The molecule has 0 bridgehead atoms. The van der Waals surface area contributed by atoms with Crippen molar-refractivity contribution in [3.63, 3.8) is 0 Å². The Hall–Kier alpha value is -2.00. The zero-order chi connectivity index (χ0) is 11.8. The molecule has 0 amide bonds. The lowest BCUT2D eigenvalue weighted by Gasteiger charge is -2.03. The maximum Gasteiger partial charge on any atom is 0.169 e. The molecular weight excluding hydrogens is 236 g/mol. The predicted octanol–water partition coefficient (Wildman–Crippen LogP) is 3.25. The Morgan fingerprint density at radius 3 is 2.76 bits per heavy atom. The number of carbonyl (C=O) groups is 1. The van der Waals surface area contributed by atoms with Crippen molar-refractivity contribution >= 4 is 39.7 Å². The van der Waals surface area contributed by atoms with E-state index in [4.69, 9.17) is 11.6 Å². The Labute approximate surface area is 102 Å². The Morgan fingerprint density at radius 2 is 1.94 bits per heavy atom. The number of nitrogens with zero attached hydrogens (tertiary/aromatic N) is 2. The van der Waals surface area contributed by atoms with Crippen LogP contribution in [0, 0.1) is 0 Å². The Morgan fingerprint density at radius 1 is 1.12 bits per heavy atom. The van der Waals surface area contributed by atoms with Crippen molar-refractivity contribution in [1.29, 1.82) is 0 Å². The summed E-state index contributed by atoms with van der Waals surface area (Å²) >= 11 is 5.94. The first-order valence-electron chi connectivity index (χ1n) is 5.09. The third kappa shape index (κ3) is 1.56. The number of rotatable bonds is 1. The lowest BCUT2D eigenvalue weighted by atomic mass is 10.1. The van der Waals surface area contributed by atoms with Crippen LogP contribution in [-0.4, -0.2) is 16.3 Å². The zero-order valence-corrected chi connectivity index (χ0v) is 9.48. The highest BCUT2D eigenvalue weighted by Gasteiger charge is 2.07. The van der Waals surface area contributed by atoms with Gasteiger partial charge in [-0.15, -0.1) is 0 Å². The van der Waals surface area contributed by atoms with Crippen LogP contribution >= 0.6 is 11.6 Å². The SMILES string of the molecule is O=Cc1nc2c(ccc3cccnc32)cc1Cl. The van der Waals surface area contributed by atoms with Gasteiger partial charge in [-0.1, -0.05) is 29.8 Å². The molecule has 4 heteroatoms. The van der Waals surface area contributed by atoms with Crippen LogP contribution in [0.15, 0.2) is 36.5 Å². The number of aromatic nitrogens is 2. The van der Waals surface area contributed by atoms with Gasteiger partial charge in [0.1, 0.15) is 5.69 Å². The first-order valence-corrected chi connectivity index (χ1v) is 5.46. The Balaban J connectivity index is 2.52. The van der Waals surface area contributed by atoms with Crippen LogP contribution in [0.1, 0.15) is 10.5 Å². The fourth-order valence-corrected chi connectivity index (χ4v) is 2.05. The monoisotopic (exact) mass is 242 g/mol. The largest absolute Gasteiger partial charge is 0.296 e. The second kappa shape index (κ2) is 3.79. The van der Waals surface area contributed by atoms with Crippen molar-refractivity contribution in [3.05, 3.63) is 47.2 Å².